The summed E-state index contributed by atoms with van der Waals surface area (Å²) in [5.74, 6) is 0.844. The zero-order chi connectivity index (χ0) is 17.8. The minimum atomic E-state index is 0.409. The van der Waals surface area contributed by atoms with Gasteiger partial charge in [0.15, 0.2) is 5.11 Å². The molecule has 1 unspecified atom stereocenters. The molecular weight excluding hydrogens is 330 g/mol. The zero-order valence-electron chi connectivity index (χ0n) is 15.0. The second-order valence-electron chi connectivity index (χ2n) is 6.48. The number of ether oxygens (including phenoxy) is 1. The van der Waals surface area contributed by atoms with E-state index in [4.69, 9.17) is 17.0 Å². The van der Waals surface area contributed by atoms with Crippen LogP contribution in [-0.4, -0.2) is 42.8 Å². The summed E-state index contributed by atoms with van der Waals surface area (Å²) in [7, 11) is 1.67. The molecule has 1 N–H and O–H groups in total. The summed E-state index contributed by atoms with van der Waals surface area (Å²) in [6.07, 6.45) is 0. The van der Waals surface area contributed by atoms with Crippen LogP contribution >= 0.6 is 12.2 Å². The first-order chi connectivity index (χ1) is 12.1. The van der Waals surface area contributed by atoms with E-state index in [1.54, 1.807) is 7.11 Å². The third-order valence-corrected chi connectivity index (χ3v) is 4.98. The summed E-state index contributed by atoms with van der Waals surface area (Å²) >= 11 is 5.61. The normalized spacial score (nSPS) is 17.3. The van der Waals surface area contributed by atoms with Crippen molar-refractivity contribution in [2.45, 2.75) is 19.9 Å². The van der Waals surface area contributed by atoms with E-state index in [-0.39, 0.29) is 0 Å². The molecule has 5 heteroatoms. The fourth-order valence-electron chi connectivity index (χ4n) is 3.14. The van der Waals surface area contributed by atoms with Gasteiger partial charge in [0.25, 0.3) is 0 Å². The third kappa shape index (κ3) is 4.23. The Balaban J connectivity index is 1.59. The molecule has 2 aromatic rings. The minimum absolute atomic E-state index is 0.409. The van der Waals surface area contributed by atoms with Crippen molar-refractivity contribution in [2.75, 3.05) is 37.0 Å². The molecule has 0 bridgehead atoms. The second-order valence-corrected chi connectivity index (χ2v) is 6.87. The molecule has 1 aliphatic rings. The molecule has 1 fully saturated rings. The van der Waals surface area contributed by atoms with Crippen LogP contribution in [0, 0.1) is 6.92 Å². The molecule has 0 spiro atoms. The van der Waals surface area contributed by atoms with Gasteiger partial charge in [0.2, 0.25) is 0 Å². The first kappa shape index (κ1) is 17.5. The summed E-state index contributed by atoms with van der Waals surface area (Å²) < 4.78 is 5.19. The highest BCUT2D eigenvalue weighted by atomic mass is 32.1. The monoisotopic (exact) mass is 355 g/mol. The number of anilines is 2. The molecular formula is C20H25N3OS. The molecule has 132 valence electrons. The molecule has 0 saturated carbocycles. The SMILES string of the molecule is COc1ccc(NC(=S)N2CCN(c3ccc(C)cc3)C(C)C2)cc1. The van der Waals surface area contributed by atoms with E-state index in [2.05, 4.69) is 53.2 Å². The predicted molar refractivity (Wildman–Crippen MR) is 109 cm³/mol. The van der Waals surface area contributed by atoms with Gasteiger partial charge in [-0.2, -0.15) is 0 Å². The Kier molecular flexibility index (Phi) is 5.43. The number of nitrogens with zero attached hydrogens (tertiary/aromatic N) is 2. The van der Waals surface area contributed by atoms with Crippen LogP contribution in [0.2, 0.25) is 0 Å². The number of aryl methyl sites for hydroxylation is 1. The lowest BCUT2D eigenvalue weighted by atomic mass is 10.1. The number of hydrogen-bond donors (Lipinski definition) is 1. The van der Waals surface area contributed by atoms with Crippen LogP contribution in [-0.2, 0) is 0 Å². The van der Waals surface area contributed by atoms with Gasteiger partial charge in [0.05, 0.1) is 7.11 Å². The standard InChI is InChI=1S/C20H25N3OS/c1-15-4-8-18(9-5-15)23-13-12-22(14-16(23)2)20(25)21-17-6-10-19(24-3)11-7-17/h4-11,16H,12-14H2,1-3H3,(H,21,25). The van der Waals surface area contributed by atoms with E-state index in [9.17, 15) is 0 Å². The Morgan fingerprint density at radius 2 is 1.76 bits per heavy atom. The lowest BCUT2D eigenvalue weighted by molar-refractivity contribution is 0.342. The maximum absolute atomic E-state index is 5.61. The van der Waals surface area contributed by atoms with E-state index in [0.29, 0.717) is 6.04 Å². The molecule has 0 aliphatic carbocycles. The molecule has 0 radical (unpaired) electrons. The van der Waals surface area contributed by atoms with Crippen molar-refractivity contribution in [1.82, 2.24) is 4.90 Å². The topological polar surface area (TPSA) is 27.7 Å². The van der Waals surface area contributed by atoms with Gasteiger partial charge in [0, 0.05) is 37.1 Å². The van der Waals surface area contributed by atoms with Gasteiger partial charge < -0.3 is 19.9 Å². The number of rotatable bonds is 3. The van der Waals surface area contributed by atoms with Gasteiger partial charge in [-0.25, -0.2) is 0 Å². The molecule has 0 aromatic heterocycles. The van der Waals surface area contributed by atoms with Crippen LogP contribution in [0.15, 0.2) is 48.5 Å². The first-order valence-electron chi connectivity index (χ1n) is 8.60. The fourth-order valence-corrected chi connectivity index (χ4v) is 3.42. The summed E-state index contributed by atoms with van der Waals surface area (Å²) in [6, 6.07) is 17.0. The lowest BCUT2D eigenvalue weighted by Crippen LogP contribution is -2.54. The van der Waals surface area contributed by atoms with Gasteiger partial charge in [-0.15, -0.1) is 0 Å². The number of nitrogens with one attached hydrogen (secondary N) is 1. The summed E-state index contributed by atoms with van der Waals surface area (Å²) in [6.45, 7) is 7.17. The Bertz CT molecular complexity index is 715. The van der Waals surface area contributed by atoms with E-state index in [0.717, 1.165) is 36.2 Å². The fraction of sp³-hybridized carbons (Fsp3) is 0.350. The number of thiocarbonyl (C=S) groups is 1. The van der Waals surface area contributed by atoms with Gasteiger partial charge in [-0.3, -0.25) is 0 Å². The van der Waals surface area contributed by atoms with Crippen LogP contribution in [0.1, 0.15) is 12.5 Å². The second kappa shape index (κ2) is 7.74. The highest BCUT2D eigenvalue weighted by molar-refractivity contribution is 7.80. The van der Waals surface area contributed by atoms with Crippen LogP contribution in [0.5, 0.6) is 5.75 Å². The average molecular weight is 356 g/mol. The van der Waals surface area contributed by atoms with Crippen LogP contribution in [0.4, 0.5) is 11.4 Å². The van der Waals surface area contributed by atoms with Crippen LogP contribution < -0.4 is 15.0 Å². The number of piperazine rings is 1. The Labute approximate surface area is 155 Å². The van der Waals surface area contributed by atoms with Crippen molar-refractivity contribution in [2.24, 2.45) is 0 Å². The maximum atomic E-state index is 5.61. The summed E-state index contributed by atoms with van der Waals surface area (Å²) in [5, 5.41) is 4.11. The third-order valence-electron chi connectivity index (χ3n) is 4.62. The highest BCUT2D eigenvalue weighted by Crippen LogP contribution is 2.22. The number of benzene rings is 2. The van der Waals surface area contributed by atoms with Crippen molar-refractivity contribution in [3.63, 3.8) is 0 Å². The molecule has 1 atom stereocenters. The smallest absolute Gasteiger partial charge is 0.173 e. The number of methoxy groups -OCH3 is 1. The Hall–Kier alpha value is -2.27. The van der Waals surface area contributed by atoms with E-state index in [1.165, 1.54) is 11.3 Å². The molecule has 1 heterocycles. The maximum Gasteiger partial charge on any atom is 0.173 e. The van der Waals surface area contributed by atoms with Crippen LogP contribution in [0.25, 0.3) is 0 Å². The van der Waals surface area contributed by atoms with Crippen molar-refractivity contribution >= 4 is 28.7 Å². The van der Waals surface area contributed by atoms with Crippen molar-refractivity contribution < 1.29 is 4.74 Å². The van der Waals surface area contributed by atoms with E-state index < -0.39 is 0 Å². The summed E-state index contributed by atoms with van der Waals surface area (Å²) in [5.41, 5.74) is 3.56. The van der Waals surface area contributed by atoms with Gasteiger partial charge in [-0.05, 0) is 62.5 Å². The quantitative estimate of drug-likeness (QED) is 0.843. The first-order valence-corrected chi connectivity index (χ1v) is 9.01. The van der Waals surface area contributed by atoms with Crippen LogP contribution in [0.3, 0.4) is 0 Å². The van der Waals surface area contributed by atoms with Crippen molar-refractivity contribution in [3.05, 3.63) is 54.1 Å². The van der Waals surface area contributed by atoms with E-state index >= 15 is 0 Å². The molecule has 3 rings (SSSR count). The molecule has 1 aliphatic heterocycles. The minimum Gasteiger partial charge on any atom is -0.497 e. The Morgan fingerprint density at radius 3 is 2.36 bits per heavy atom. The van der Waals surface area contributed by atoms with Crippen molar-refractivity contribution in [3.8, 4) is 5.75 Å². The van der Waals surface area contributed by atoms with Crippen molar-refractivity contribution in [1.29, 1.82) is 0 Å². The van der Waals surface area contributed by atoms with Gasteiger partial charge >= 0.3 is 0 Å². The predicted octanol–water partition coefficient (Wildman–Crippen LogP) is 3.91. The van der Waals surface area contributed by atoms with Gasteiger partial charge in [-0.1, -0.05) is 17.7 Å². The molecule has 1 saturated heterocycles. The molecule has 4 nitrogen and oxygen atoms in total. The molecule has 25 heavy (non-hydrogen) atoms. The Morgan fingerprint density at radius 1 is 1.08 bits per heavy atom. The highest BCUT2D eigenvalue weighted by Gasteiger charge is 2.25. The van der Waals surface area contributed by atoms with Gasteiger partial charge in [0.1, 0.15) is 5.75 Å². The largest absolute Gasteiger partial charge is 0.497 e. The average Bonchev–Trinajstić information content (AvgIpc) is 2.63. The molecule has 2 aromatic carbocycles. The summed E-state index contributed by atoms with van der Waals surface area (Å²) in [4.78, 5) is 4.70. The number of hydrogen-bond acceptors (Lipinski definition) is 3. The zero-order valence-corrected chi connectivity index (χ0v) is 15.8. The molecule has 0 amide bonds. The van der Waals surface area contributed by atoms with E-state index in [1.807, 2.05) is 24.3 Å². The lowest BCUT2D eigenvalue weighted by Gasteiger charge is -2.42.